The van der Waals surface area contributed by atoms with Gasteiger partial charge < -0.3 is 109 Å². The summed E-state index contributed by atoms with van der Waals surface area (Å²) in [5.74, 6) is -8.93. The molecule has 12 amide bonds. The Bertz CT molecular complexity index is 5140. The number of primary amides is 1. The number of rotatable bonds is 60. The molecule has 0 saturated carbocycles. The molecule has 0 atom stereocenters. The molecule has 0 aliphatic heterocycles. The van der Waals surface area contributed by atoms with E-state index in [-0.39, 0.29) is 147 Å². The molecule has 0 heterocycles. The van der Waals surface area contributed by atoms with Crippen LogP contribution in [0, 0.1) is 21.6 Å². The highest BCUT2D eigenvalue weighted by Gasteiger charge is 2.35. The number of benzene rings is 8. The SMILES string of the molecule is N=C(N)NCCCCNCC(=O)N(CC(=O)N(CC(=O)N(CCCCNC(=N)N)CC(=O)N(CC(=O)N(CC(=O)N(CCCCNC(=N)N)CC(=O)N(CC(=O)N(CC(=O)N(CCCCNC(=N)N)CC(=O)N(CC(=O)N(CC(N)=O)Cc1ccccc1)Cc1ccccc1)Cc1ccccc1)Cc1ccccc1)Cc1ccccc1)Cc1ccccc1)Cc1ccccc1)Cc1ccccc1. The van der Waals surface area contributed by atoms with Crippen LogP contribution in [0.25, 0.3) is 0 Å². The second-order valence-electron chi connectivity index (χ2n) is 33.2. The molecule has 728 valence electrons. The minimum absolute atomic E-state index is 0.00616. The van der Waals surface area contributed by atoms with Crippen molar-refractivity contribution in [3.63, 3.8) is 0 Å². The van der Waals surface area contributed by atoms with Gasteiger partial charge in [0.2, 0.25) is 70.9 Å². The van der Waals surface area contributed by atoms with E-state index in [9.17, 15) is 14.4 Å². The number of hydrogen-bond acceptors (Lipinski definition) is 17. The number of nitrogens with two attached hydrogens (primary N) is 5. The van der Waals surface area contributed by atoms with E-state index in [1.165, 1.54) is 53.9 Å². The van der Waals surface area contributed by atoms with E-state index in [1.54, 1.807) is 212 Å². The first kappa shape index (κ1) is 107. The van der Waals surface area contributed by atoms with Crippen molar-refractivity contribution in [3.8, 4) is 0 Å². The van der Waals surface area contributed by atoms with Gasteiger partial charge in [-0.3, -0.25) is 79.2 Å². The highest BCUT2D eigenvalue weighted by Crippen LogP contribution is 2.20. The summed E-state index contributed by atoms with van der Waals surface area (Å²) in [6.45, 7) is -6.09. The summed E-state index contributed by atoms with van der Waals surface area (Å²) in [5, 5.41) is 45.1. The molecule has 37 heteroatoms. The van der Waals surface area contributed by atoms with Crippen molar-refractivity contribution in [1.29, 1.82) is 21.6 Å². The zero-order valence-corrected chi connectivity index (χ0v) is 77.8. The van der Waals surface area contributed by atoms with Crippen LogP contribution in [0.5, 0.6) is 0 Å². The standard InChI is InChI=1S/C100H131N25O12/c101-85(126)66-118(58-77-33-9-1-10-34-77)93(134)74-123(63-82-43-19-6-20-44-82)90(131)67-115(54-30-27-51-112-98(104)105)88(129)71-121(61-80-39-15-4-16-40-80)95(136)76-125(65-84-47-23-8-24-48-84)92(133)69-117(56-32-29-53-114-100(108)109)89(130)72-122(62-81-41-17-5-18-42-81)96(137)75-124(64-83-45-21-7-22-46-83)91(132)68-116(55-31-28-52-113-99(106)107)87(128)70-120(60-79-37-13-3-14-38-79)94(135)73-119(59-78-35-11-2-12-36-78)86(127)57-110-49-25-26-50-111-97(102)103/h1-24,33-48,110H,25-32,49-76H2,(H2,101,126)(H4,102,103,111)(H4,104,105,112)(H4,106,107,113)(H4,108,109,114). The molecule has 19 N–H and O–H groups in total. The van der Waals surface area contributed by atoms with Crippen LogP contribution in [-0.2, 0) is 110 Å². The van der Waals surface area contributed by atoms with Crippen LogP contribution >= 0.6 is 0 Å². The van der Waals surface area contributed by atoms with Crippen molar-refractivity contribution in [1.82, 2.24) is 80.5 Å². The minimum Gasteiger partial charge on any atom is -0.370 e. The molecule has 37 nitrogen and oxygen atoms in total. The molecular formula is C100H131N25O12. The largest absolute Gasteiger partial charge is 0.370 e. The van der Waals surface area contributed by atoms with Gasteiger partial charge in [0.15, 0.2) is 23.8 Å². The van der Waals surface area contributed by atoms with Crippen LogP contribution in [0.1, 0.15) is 95.9 Å². The van der Waals surface area contributed by atoms with Crippen molar-refractivity contribution in [2.75, 3.05) is 131 Å². The maximum Gasteiger partial charge on any atom is 0.242 e. The van der Waals surface area contributed by atoms with Gasteiger partial charge in [0.25, 0.3) is 0 Å². The van der Waals surface area contributed by atoms with Gasteiger partial charge in [-0.2, -0.15) is 0 Å². The van der Waals surface area contributed by atoms with Crippen LogP contribution in [0.4, 0.5) is 0 Å². The minimum atomic E-state index is -0.783. The molecule has 0 radical (unpaired) electrons. The van der Waals surface area contributed by atoms with Crippen LogP contribution in [0.3, 0.4) is 0 Å². The molecule has 8 aromatic carbocycles. The van der Waals surface area contributed by atoms with Crippen LogP contribution in [0.15, 0.2) is 243 Å². The Balaban J connectivity index is 1.09. The van der Waals surface area contributed by atoms with E-state index in [0.717, 1.165) is 5.56 Å². The van der Waals surface area contributed by atoms with E-state index in [2.05, 4.69) is 26.6 Å². The lowest BCUT2D eigenvalue weighted by atomic mass is 10.2. The average Bonchev–Trinajstić information content (AvgIpc) is 0.845. The fourth-order valence-corrected chi connectivity index (χ4v) is 14.8. The third-order valence-corrected chi connectivity index (χ3v) is 22.1. The van der Waals surface area contributed by atoms with Crippen LogP contribution in [0.2, 0.25) is 0 Å². The number of amides is 12. The summed E-state index contributed by atoms with van der Waals surface area (Å²) in [5.41, 5.74) is 33.2. The van der Waals surface area contributed by atoms with Crippen molar-refractivity contribution in [3.05, 3.63) is 287 Å². The third-order valence-electron chi connectivity index (χ3n) is 22.1. The maximum absolute atomic E-state index is 15.7. The van der Waals surface area contributed by atoms with Gasteiger partial charge in [-0.15, -0.1) is 0 Å². The number of unbranched alkanes of at least 4 members (excludes halogenated alkanes) is 4. The van der Waals surface area contributed by atoms with E-state index in [4.69, 9.17) is 50.3 Å². The molecule has 0 saturated heterocycles. The normalized spacial score (nSPS) is 10.7. The summed E-state index contributed by atoms with van der Waals surface area (Å²) in [7, 11) is 0. The first-order valence-electron chi connectivity index (χ1n) is 45.8. The number of guanidine groups is 4. The fourth-order valence-electron chi connectivity index (χ4n) is 14.8. The average molecular weight is 1880 g/mol. The topological polar surface area (TPSA) is 526 Å². The molecule has 8 rings (SSSR count). The third kappa shape index (κ3) is 41.2. The zero-order chi connectivity index (χ0) is 98.5. The molecule has 0 unspecified atom stereocenters. The van der Waals surface area contributed by atoms with Crippen molar-refractivity contribution in [2.45, 2.75) is 104 Å². The number of nitrogens with one attached hydrogen (secondary N) is 9. The number of carbonyl (C=O) groups excluding carboxylic acids is 12. The van der Waals surface area contributed by atoms with Gasteiger partial charge in [-0.05, 0) is 102 Å². The Morgan fingerprint density at radius 3 is 0.533 bits per heavy atom. The zero-order valence-electron chi connectivity index (χ0n) is 77.8. The van der Waals surface area contributed by atoms with Gasteiger partial charge in [-0.25, -0.2) is 0 Å². The highest BCUT2D eigenvalue weighted by atomic mass is 16.2. The van der Waals surface area contributed by atoms with Gasteiger partial charge in [0.05, 0.1) is 32.7 Å². The number of hydrogen-bond donors (Lipinski definition) is 14. The molecule has 137 heavy (non-hydrogen) atoms. The van der Waals surface area contributed by atoms with Gasteiger partial charge in [-0.1, -0.05) is 243 Å². The van der Waals surface area contributed by atoms with E-state index in [1.807, 2.05) is 30.3 Å². The van der Waals surface area contributed by atoms with E-state index in [0.29, 0.717) is 84.1 Å². The van der Waals surface area contributed by atoms with Crippen molar-refractivity contribution >= 4 is 94.7 Å². The van der Waals surface area contributed by atoms with E-state index < -0.39 is 137 Å². The predicted octanol–water partition coefficient (Wildman–Crippen LogP) is 3.83. The fraction of sp³-hybridized carbons (Fsp3) is 0.360. The maximum atomic E-state index is 15.7. The molecule has 0 bridgehead atoms. The Labute approximate surface area is 800 Å². The van der Waals surface area contributed by atoms with Gasteiger partial charge in [0, 0.05) is 98.2 Å². The highest BCUT2D eigenvalue weighted by molar-refractivity contribution is 5.95. The monoisotopic (exact) mass is 1870 g/mol. The quantitative estimate of drug-likeness (QED) is 0.0146. The summed E-state index contributed by atoms with van der Waals surface area (Å²) in [6.07, 6.45) is 3.15. The summed E-state index contributed by atoms with van der Waals surface area (Å²) >= 11 is 0. The summed E-state index contributed by atoms with van der Waals surface area (Å²) in [6, 6.07) is 71.1. The lowest BCUT2D eigenvalue weighted by Gasteiger charge is -2.33. The van der Waals surface area contributed by atoms with Crippen LogP contribution in [-0.4, -0.2) is 280 Å². The summed E-state index contributed by atoms with van der Waals surface area (Å²) < 4.78 is 0. The van der Waals surface area contributed by atoms with Gasteiger partial charge in [0.1, 0.15) is 45.8 Å². The lowest BCUT2D eigenvalue weighted by molar-refractivity contribution is -0.150. The molecule has 0 spiro atoms. The first-order valence-corrected chi connectivity index (χ1v) is 45.8. The van der Waals surface area contributed by atoms with Crippen molar-refractivity contribution in [2.24, 2.45) is 28.7 Å². The summed E-state index contributed by atoms with van der Waals surface area (Å²) in [4.78, 5) is 195. The Kier molecular flexibility index (Phi) is 46.1. The molecule has 0 aliphatic carbocycles. The lowest BCUT2D eigenvalue weighted by Crippen LogP contribution is -2.52. The number of carbonyl (C=O) groups is 12. The number of nitrogens with zero attached hydrogens (tertiary/aromatic N) is 11. The van der Waals surface area contributed by atoms with Gasteiger partial charge >= 0.3 is 0 Å². The van der Waals surface area contributed by atoms with E-state index >= 15 is 43.2 Å². The predicted molar refractivity (Wildman–Crippen MR) is 523 cm³/mol. The molecule has 8 aromatic rings. The Hall–Kier alpha value is -15.6. The van der Waals surface area contributed by atoms with Crippen LogP contribution < -0.4 is 55.3 Å². The molecule has 0 aliphatic rings. The second kappa shape index (κ2) is 59.1. The molecular weight excluding hydrogens is 1740 g/mol. The van der Waals surface area contributed by atoms with Crippen molar-refractivity contribution < 1.29 is 57.5 Å². The smallest absolute Gasteiger partial charge is 0.242 e. The Morgan fingerprint density at radius 1 is 0.197 bits per heavy atom. The molecule has 0 aromatic heterocycles. The molecule has 0 fully saturated rings. The Morgan fingerprint density at radius 2 is 0.350 bits per heavy atom. The first-order chi connectivity index (χ1) is 66.1. The second-order valence-corrected chi connectivity index (χ2v) is 33.2.